The average molecular weight is 394 g/mol. The lowest BCUT2D eigenvalue weighted by Crippen LogP contribution is -2.20. The Bertz CT molecular complexity index is 1180. The van der Waals surface area contributed by atoms with Crippen molar-refractivity contribution in [1.29, 1.82) is 5.26 Å². The van der Waals surface area contributed by atoms with Crippen molar-refractivity contribution in [3.63, 3.8) is 0 Å². The third-order valence-corrected chi connectivity index (χ3v) is 4.46. The number of fused-ring (bicyclic) bond motifs is 5. The second kappa shape index (κ2) is 6.79. The second-order valence-corrected chi connectivity index (χ2v) is 6.37. The van der Waals surface area contributed by atoms with Gasteiger partial charge in [0.05, 0.1) is 5.56 Å². The maximum absolute atomic E-state index is 13.8. The Kier molecular flexibility index (Phi) is 4.27. The molecule has 0 unspecified atom stereocenters. The summed E-state index contributed by atoms with van der Waals surface area (Å²) < 4.78 is 26.4. The average Bonchev–Trinajstić information content (AvgIpc) is 2.98. The van der Waals surface area contributed by atoms with Gasteiger partial charge < -0.3 is 15.2 Å². The molecule has 0 aliphatic carbocycles. The van der Waals surface area contributed by atoms with Crippen molar-refractivity contribution in [2.45, 2.75) is 13.0 Å². The van der Waals surface area contributed by atoms with Gasteiger partial charge in [0.2, 0.25) is 0 Å². The van der Waals surface area contributed by atoms with Gasteiger partial charge in [0, 0.05) is 24.4 Å². The summed E-state index contributed by atoms with van der Waals surface area (Å²) in [5.41, 5.74) is 7.26. The fourth-order valence-corrected chi connectivity index (χ4v) is 3.11. The van der Waals surface area contributed by atoms with Gasteiger partial charge in [-0.05, 0) is 31.2 Å². The van der Waals surface area contributed by atoms with Gasteiger partial charge >= 0.3 is 6.09 Å². The van der Waals surface area contributed by atoms with Crippen LogP contribution in [0, 0.1) is 17.1 Å². The Morgan fingerprint density at radius 3 is 2.90 bits per heavy atom. The third kappa shape index (κ3) is 3.19. The molecule has 2 bridgehead atoms. The smallest absolute Gasteiger partial charge is 0.418 e. The van der Waals surface area contributed by atoms with Crippen LogP contribution < -0.4 is 20.5 Å². The summed E-state index contributed by atoms with van der Waals surface area (Å²) >= 11 is 0. The normalized spacial score (nSPS) is 15.4. The van der Waals surface area contributed by atoms with E-state index >= 15 is 0 Å². The Morgan fingerprint density at radius 2 is 2.14 bits per heavy atom. The van der Waals surface area contributed by atoms with Crippen molar-refractivity contribution in [3.05, 3.63) is 47.5 Å². The topological polar surface area (TPSA) is 128 Å². The van der Waals surface area contributed by atoms with E-state index in [-0.39, 0.29) is 28.8 Å². The summed E-state index contributed by atoms with van der Waals surface area (Å²) in [6.07, 6.45) is -0.116. The molecule has 0 fully saturated rings. The van der Waals surface area contributed by atoms with E-state index in [0.29, 0.717) is 16.7 Å². The fourth-order valence-electron chi connectivity index (χ4n) is 3.11. The van der Waals surface area contributed by atoms with Gasteiger partial charge in [-0.25, -0.2) is 14.2 Å². The number of nitrogens with one attached hydrogen (secondary N) is 1. The van der Waals surface area contributed by atoms with Gasteiger partial charge in [-0.15, -0.1) is 0 Å². The van der Waals surface area contributed by atoms with E-state index in [4.69, 9.17) is 15.2 Å². The van der Waals surface area contributed by atoms with Gasteiger partial charge in [-0.3, -0.25) is 10.00 Å². The Morgan fingerprint density at radius 1 is 1.34 bits per heavy atom. The minimum Gasteiger partial charge on any atom is -0.482 e. The summed E-state index contributed by atoms with van der Waals surface area (Å²) in [6, 6.07) is 7.35. The molecule has 0 radical (unpaired) electrons. The number of benzene rings is 1. The Labute approximate surface area is 164 Å². The maximum Gasteiger partial charge on any atom is 0.418 e. The minimum absolute atomic E-state index is 0.101. The predicted molar refractivity (Wildman–Crippen MR) is 101 cm³/mol. The molecule has 3 aromatic rings. The number of hydrogen-bond donors (Lipinski definition) is 2. The van der Waals surface area contributed by atoms with Crippen LogP contribution in [0.3, 0.4) is 0 Å². The largest absolute Gasteiger partial charge is 0.482 e. The first-order valence-corrected chi connectivity index (χ1v) is 8.55. The zero-order valence-electron chi connectivity index (χ0n) is 15.4. The number of nitriles is 1. The first kappa shape index (κ1) is 18.2. The highest BCUT2D eigenvalue weighted by Gasteiger charge is 2.25. The summed E-state index contributed by atoms with van der Waals surface area (Å²) in [6.45, 7) is 1.66. The van der Waals surface area contributed by atoms with Crippen molar-refractivity contribution < 1.29 is 18.7 Å². The third-order valence-electron chi connectivity index (χ3n) is 4.46. The number of aromatic nitrogens is 3. The van der Waals surface area contributed by atoms with E-state index in [2.05, 4.69) is 21.5 Å². The Balaban J connectivity index is 1.94. The number of hydrogen-bond acceptors (Lipinski definition) is 7. The van der Waals surface area contributed by atoms with Crippen LogP contribution in [-0.2, 0) is 7.05 Å². The fraction of sp³-hybridized carbons (Fsp3) is 0.158. The van der Waals surface area contributed by atoms with Gasteiger partial charge in [-0.1, -0.05) is 0 Å². The molecule has 1 atom stereocenters. The molecule has 4 rings (SSSR count). The highest BCUT2D eigenvalue weighted by atomic mass is 19.1. The van der Waals surface area contributed by atoms with Gasteiger partial charge in [0.1, 0.15) is 29.4 Å². The second-order valence-electron chi connectivity index (χ2n) is 6.37. The van der Waals surface area contributed by atoms with Gasteiger partial charge in [0.15, 0.2) is 17.4 Å². The quantitative estimate of drug-likeness (QED) is 0.599. The first-order valence-electron chi connectivity index (χ1n) is 8.55. The lowest BCUT2D eigenvalue weighted by atomic mass is 10.1. The number of rotatable bonds is 0. The number of carbonyl (C=O) groups is 1. The molecular formula is C19H15FN6O3. The summed E-state index contributed by atoms with van der Waals surface area (Å²) in [5.74, 6) is 0.0441. The van der Waals surface area contributed by atoms with Crippen LogP contribution in [0.25, 0.3) is 11.1 Å². The number of nitrogens with zero attached hydrogens (tertiary/aromatic N) is 4. The number of ether oxygens (including phenoxy) is 2. The molecule has 0 spiro atoms. The Hall–Kier alpha value is -4.13. The minimum atomic E-state index is -0.849. The van der Waals surface area contributed by atoms with E-state index in [1.54, 1.807) is 20.0 Å². The number of aryl methyl sites for hydroxylation is 1. The van der Waals surface area contributed by atoms with Crippen LogP contribution in [0.15, 0.2) is 30.5 Å². The van der Waals surface area contributed by atoms with Crippen molar-refractivity contribution in [2.24, 2.45) is 7.05 Å². The highest BCUT2D eigenvalue weighted by Crippen LogP contribution is 2.37. The number of nitrogen functional groups attached to an aromatic ring is 1. The molecule has 1 aliphatic heterocycles. The van der Waals surface area contributed by atoms with Crippen molar-refractivity contribution in [1.82, 2.24) is 14.8 Å². The molecule has 9 nitrogen and oxygen atoms in total. The molecule has 146 valence electrons. The number of anilines is 2. The van der Waals surface area contributed by atoms with E-state index in [1.165, 1.54) is 29.1 Å². The van der Waals surface area contributed by atoms with Crippen LogP contribution >= 0.6 is 0 Å². The number of halogens is 1. The van der Waals surface area contributed by atoms with E-state index in [9.17, 15) is 14.4 Å². The zero-order valence-corrected chi connectivity index (χ0v) is 15.4. The van der Waals surface area contributed by atoms with Gasteiger partial charge in [-0.2, -0.15) is 10.4 Å². The number of nitrogens with two attached hydrogens (primary N) is 1. The van der Waals surface area contributed by atoms with Crippen molar-refractivity contribution in [2.75, 3.05) is 11.1 Å². The highest BCUT2D eigenvalue weighted by molar-refractivity contribution is 5.92. The number of carbonyl (C=O) groups excluding carboxylic acids is 1. The zero-order chi connectivity index (χ0) is 20.7. The van der Waals surface area contributed by atoms with Crippen LogP contribution in [0.1, 0.15) is 24.3 Å². The molecule has 3 N–H and O–H groups in total. The van der Waals surface area contributed by atoms with E-state index < -0.39 is 18.0 Å². The van der Waals surface area contributed by atoms with Crippen LogP contribution in [0.5, 0.6) is 11.5 Å². The molecule has 29 heavy (non-hydrogen) atoms. The maximum atomic E-state index is 13.8. The molecule has 3 heterocycles. The molecule has 1 aliphatic rings. The van der Waals surface area contributed by atoms with E-state index in [0.717, 1.165) is 0 Å². The van der Waals surface area contributed by atoms with Crippen LogP contribution in [-0.4, -0.2) is 20.9 Å². The van der Waals surface area contributed by atoms with Gasteiger partial charge in [0.25, 0.3) is 0 Å². The number of pyridine rings is 1. The lowest BCUT2D eigenvalue weighted by molar-refractivity contribution is 0.205. The van der Waals surface area contributed by atoms with Crippen molar-refractivity contribution in [3.8, 4) is 28.7 Å². The van der Waals surface area contributed by atoms with Crippen molar-refractivity contribution >= 4 is 17.7 Å². The molecule has 0 saturated heterocycles. The van der Waals surface area contributed by atoms with Crippen LogP contribution in [0.4, 0.5) is 20.8 Å². The predicted octanol–water partition coefficient (Wildman–Crippen LogP) is 3.14. The SMILES string of the molecule is C[C@H]1Oc2cc(cnc2N)-c2c(nn(C)c2C#N)NC(=O)Oc2ccc(F)cc21. The van der Waals surface area contributed by atoms with E-state index in [1.807, 2.05) is 0 Å². The molecule has 2 aromatic heterocycles. The first-order chi connectivity index (χ1) is 13.9. The summed E-state index contributed by atoms with van der Waals surface area (Å²) in [4.78, 5) is 16.6. The monoisotopic (exact) mass is 394 g/mol. The molecule has 1 amide bonds. The number of amides is 1. The summed E-state index contributed by atoms with van der Waals surface area (Å²) in [5, 5.41) is 16.2. The standard InChI is InChI=1S/C19H15FN6O3/c1-9-12-6-11(20)3-4-14(12)29-19(27)24-18-16(13(7-21)26(2)25-18)10-5-15(28-9)17(22)23-8-10/h3-6,8-9H,1-2H3,(H2,22,23)(H,24,25,27)/t9-/m1/s1. The lowest BCUT2D eigenvalue weighted by Gasteiger charge is -2.20. The van der Waals surface area contributed by atoms with Crippen LogP contribution in [0.2, 0.25) is 0 Å². The molecule has 0 saturated carbocycles. The molecule has 1 aromatic carbocycles. The molecular weight excluding hydrogens is 379 g/mol. The molecule has 10 heteroatoms. The summed E-state index contributed by atoms with van der Waals surface area (Å²) in [7, 11) is 1.57.